The number of aliphatic carboxylic acids is 1. The van der Waals surface area contributed by atoms with E-state index in [1.807, 2.05) is 42.6 Å². The van der Waals surface area contributed by atoms with E-state index in [0.717, 1.165) is 30.0 Å². The van der Waals surface area contributed by atoms with Crippen molar-refractivity contribution in [2.75, 3.05) is 18.0 Å². The molecule has 1 aromatic carbocycles. The van der Waals surface area contributed by atoms with Crippen LogP contribution in [0.1, 0.15) is 49.1 Å². The van der Waals surface area contributed by atoms with Crippen molar-refractivity contribution in [2.45, 2.75) is 38.6 Å². The predicted octanol–water partition coefficient (Wildman–Crippen LogP) is 3.76. The first-order valence-corrected chi connectivity index (χ1v) is 12.9. The normalized spacial score (nSPS) is 18.5. The number of allylic oxidation sites excluding steroid dienone is 1. The average Bonchev–Trinajstić information content (AvgIpc) is 3.57. The molecule has 1 atom stereocenters. The second kappa shape index (κ2) is 9.11. The molecule has 5 rings (SSSR count). The number of rotatable bonds is 6. The minimum atomic E-state index is -1.02. The van der Waals surface area contributed by atoms with Gasteiger partial charge in [0, 0.05) is 23.7 Å². The topological polar surface area (TPSA) is 74.9 Å². The molecular formula is C25H25N3O3S2. The van der Waals surface area contributed by atoms with E-state index >= 15 is 0 Å². The molecule has 2 aliphatic heterocycles. The molecule has 33 heavy (non-hydrogen) atoms. The number of carboxylic acids is 1. The van der Waals surface area contributed by atoms with Gasteiger partial charge in [-0.15, -0.1) is 11.3 Å². The SMILES string of the molecule is CCCC1=C(C(=O)O)C(c2cccs2)n2c(s/c(=C\c3ccc(N4CCCC4)cc3)c2=O)=N1. The van der Waals surface area contributed by atoms with Gasteiger partial charge < -0.3 is 10.0 Å². The Morgan fingerprint density at radius 2 is 1.97 bits per heavy atom. The molecule has 6 nitrogen and oxygen atoms in total. The fourth-order valence-corrected chi connectivity index (χ4v) is 6.39. The van der Waals surface area contributed by atoms with Gasteiger partial charge in [0.05, 0.1) is 15.8 Å². The van der Waals surface area contributed by atoms with Crippen LogP contribution < -0.4 is 19.8 Å². The van der Waals surface area contributed by atoms with Crippen molar-refractivity contribution in [3.63, 3.8) is 0 Å². The van der Waals surface area contributed by atoms with Gasteiger partial charge in [0.25, 0.3) is 5.56 Å². The van der Waals surface area contributed by atoms with Gasteiger partial charge in [-0.3, -0.25) is 9.36 Å². The highest BCUT2D eigenvalue weighted by molar-refractivity contribution is 7.10. The highest BCUT2D eigenvalue weighted by Crippen LogP contribution is 2.34. The molecule has 2 aromatic heterocycles. The summed E-state index contributed by atoms with van der Waals surface area (Å²) in [5, 5.41) is 12.0. The van der Waals surface area contributed by atoms with E-state index in [-0.39, 0.29) is 11.1 Å². The first kappa shape index (κ1) is 21.9. The zero-order chi connectivity index (χ0) is 22.9. The van der Waals surface area contributed by atoms with E-state index in [1.54, 1.807) is 4.57 Å². The lowest BCUT2D eigenvalue weighted by Crippen LogP contribution is -2.39. The zero-order valence-corrected chi connectivity index (χ0v) is 20.0. The molecule has 1 fully saturated rings. The van der Waals surface area contributed by atoms with Crippen LogP contribution in [0.3, 0.4) is 0 Å². The molecule has 1 N–H and O–H groups in total. The number of thiophene rings is 1. The minimum Gasteiger partial charge on any atom is -0.478 e. The molecule has 0 saturated carbocycles. The third-order valence-electron chi connectivity index (χ3n) is 6.10. The molecular weight excluding hydrogens is 454 g/mol. The van der Waals surface area contributed by atoms with E-state index in [0.29, 0.717) is 21.5 Å². The molecule has 3 aromatic rings. The van der Waals surface area contributed by atoms with Crippen LogP contribution in [0.4, 0.5) is 5.69 Å². The summed E-state index contributed by atoms with van der Waals surface area (Å²) >= 11 is 2.79. The molecule has 0 spiro atoms. The lowest BCUT2D eigenvalue weighted by Gasteiger charge is -2.23. The molecule has 0 amide bonds. The third kappa shape index (κ3) is 4.09. The van der Waals surface area contributed by atoms with Crippen molar-refractivity contribution in [1.29, 1.82) is 0 Å². The standard InChI is InChI=1S/C25H25N3O3S2/c1-2-6-18-21(24(30)31)22(19-7-5-14-32-19)28-23(29)20(33-25(28)26-18)15-16-8-10-17(11-9-16)27-12-3-4-13-27/h5,7-11,14-15,22H,2-4,6,12-13H2,1H3,(H,30,31)/b20-15-. The summed E-state index contributed by atoms with van der Waals surface area (Å²) in [6.45, 7) is 4.18. The summed E-state index contributed by atoms with van der Waals surface area (Å²) in [6, 6.07) is 11.4. The number of nitrogens with zero attached hydrogens (tertiary/aromatic N) is 3. The highest BCUT2D eigenvalue weighted by atomic mass is 32.1. The summed E-state index contributed by atoms with van der Waals surface area (Å²) < 4.78 is 2.12. The lowest BCUT2D eigenvalue weighted by molar-refractivity contribution is -0.133. The van der Waals surface area contributed by atoms with Crippen LogP contribution in [0.5, 0.6) is 0 Å². The maximum atomic E-state index is 13.5. The molecule has 4 heterocycles. The number of anilines is 1. The number of hydrogen-bond donors (Lipinski definition) is 1. The molecule has 0 aliphatic carbocycles. The Hall–Kier alpha value is -2.97. The van der Waals surface area contributed by atoms with Crippen molar-refractivity contribution in [3.8, 4) is 0 Å². The lowest BCUT2D eigenvalue weighted by atomic mass is 9.99. The number of benzene rings is 1. The van der Waals surface area contributed by atoms with Crippen molar-refractivity contribution in [2.24, 2.45) is 4.99 Å². The van der Waals surface area contributed by atoms with Gasteiger partial charge in [0.2, 0.25) is 0 Å². The number of carboxylic acid groups (broad SMARTS) is 1. The van der Waals surface area contributed by atoms with Gasteiger partial charge >= 0.3 is 5.97 Å². The summed E-state index contributed by atoms with van der Waals surface area (Å²) in [5.41, 5.74) is 2.72. The zero-order valence-electron chi connectivity index (χ0n) is 18.4. The van der Waals surface area contributed by atoms with Gasteiger partial charge in [-0.25, -0.2) is 9.79 Å². The second-order valence-corrected chi connectivity index (χ2v) is 10.3. The highest BCUT2D eigenvalue weighted by Gasteiger charge is 2.33. The van der Waals surface area contributed by atoms with Crippen molar-refractivity contribution in [1.82, 2.24) is 4.57 Å². The van der Waals surface area contributed by atoms with Gasteiger partial charge in [-0.1, -0.05) is 42.9 Å². The van der Waals surface area contributed by atoms with Crippen LogP contribution in [-0.4, -0.2) is 28.7 Å². The largest absolute Gasteiger partial charge is 0.478 e. The molecule has 0 bridgehead atoms. The Balaban J connectivity index is 1.62. The van der Waals surface area contributed by atoms with Gasteiger partial charge in [-0.05, 0) is 54.5 Å². The molecule has 1 unspecified atom stereocenters. The quantitative estimate of drug-likeness (QED) is 0.584. The monoisotopic (exact) mass is 479 g/mol. The van der Waals surface area contributed by atoms with Crippen LogP contribution in [0.15, 0.2) is 62.8 Å². The number of hydrogen-bond acceptors (Lipinski definition) is 6. The van der Waals surface area contributed by atoms with Crippen molar-refractivity contribution < 1.29 is 9.90 Å². The maximum absolute atomic E-state index is 13.5. The van der Waals surface area contributed by atoms with Gasteiger partial charge in [0.15, 0.2) is 4.80 Å². The number of thiazole rings is 1. The third-order valence-corrected chi connectivity index (χ3v) is 8.01. The fraction of sp³-hybridized carbons (Fsp3) is 0.320. The molecule has 2 aliphatic rings. The fourth-order valence-electron chi connectivity index (χ4n) is 4.55. The van der Waals surface area contributed by atoms with Crippen molar-refractivity contribution in [3.05, 3.63) is 83.2 Å². The number of aromatic nitrogens is 1. The summed E-state index contributed by atoms with van der Waals surface area (Å²) in [6.07, 6.45) is 5.68. The van der Waals surface area contributed by atoms with E-state index in [4.69, 9.17) is 0 Å². The van der Waals surface area contributed by atoms with Crippen LogP contribution in [0, 0.1) is 0 Å². The number of carbonyl (C=O) groups is 1. The van der Waals surface area contributed by atoms with Gasteiger partial charge in [0.1, 0.15) is 6.04 Å². The summed E-state index contributed by atoms with van der Waals surface area (Å²) in [7, 11) is 0. The van der Waals surface area contributed by atoms with E-state index in [2.05, 4.69) is 22.0 Å². The molecule has 170 valence electrons. The van der Waals surface area contributed by atoms with Crippen molar-refractivity contribution >= 4 is 40.4 Å². The molecule has 1 saturated heterocycles. The average molecular weight is 480 g/mol. The Kier molecular flexibility index (Phi) is 6.03. The van der Waals surface area contributed by atoms with Crippen LogP contribution in [-0.2, 0) is 4.79 Å². The Bertz CT molecular complexity index is 1380. The van der Waals surface area contributed by atoms with Crippen LogP contribution in [0.25, 0.3) is 6.08 Å². The Labute approximate surface area is 199 Å². The summed E-state index contributed by atoms with van der Waals surface area (Å²) in [5.74, 6) is -1.02. The molecule has 8 heteroatoms. The van der Waals surface area contributed by atoms with E-state index in [9.17, 15) is 14.7 Å². The number of fused-ring (bicyclic) bond motifs is 1. The van der Waals surface area contributed by atoms with Crippen LogP contribution in [0.2, 0.25) is 0 Å². The van der Waals surface area contributed by atoms with E-state index in [1.165, 1.54) is 41.2 Å². The summed E-state index contributed by atoms with van der Waals surface area (Å²) in [4.78, 5) is 34.2. The predicted molar refractivity (Wildman–Crippen MR) is 133 cm³/mol. The van der Waals surface area contributed by atoms with Gasteiger partial charge in [-0.2, -0.15) is 0 Å². The smallest absolute Gasteiger partial charge is 0.335 e. The second-order valence-electron chi connectivity index (χ2n) is 8.30. The first-order chi connectivity index (χ1) is 16.1. The molecule has 0 radical (unpaired) electrons. The van der Waals surface area contributed by atoms with Crippen LogP contribution >= 0.6 is 22.7 Å². The Morgan fingerprint density at radius 3 is 2.61 bits per heavy atom. The Morgan fingerprint density at radius 1 is 1.21 bits per heavy atom. The first-order valence-electron chi connectivity index (χ1n) is 11.2. The maximum Gasteiger partial charge on any atom is 0.335 e. The van der Waals surface area contributed by atoms with E-state index < -0.39 is 12.0 Å². The minimum absolute atomic E-state index is 0.199.